The number of hydrogen-bond acceptors (Lipinski definition) is 4. The van der Waals surface area contributed by atoms with E-state index in [1.54, 1.807) is 11.3 Å². The summed E-state index contributed by atoms with van der Waals surface area (Å²) in [7, 11) is 0. The molecule has 5 heteroatoms. The third kappa shape index (κ3) is 2.20. The molecule has 0 fully saturated rings. The number of nitrogens with zero attached hydrogens (tertiary/aromatic N) is 1. The first-order valence-electron chi connectivity index (χ1n) is 6.38. The predicted octanol–water partition coefficient (Wildman–Crippen LogP) is 3.65. The zero-order chi connectivity index (χ0) is 14.3. The molecule has 102 valence electrons. The molecule has 0 aliphatic heterocycles. The van der Waals surface area contributed by atoms with Gasteiger partial charge in [0.2, 0.25) is 5.95 Å². The Morgan fingerprint density at radius 1 is 1.15 bits per heavy atom. The summed E-state index contributed by atoms with van der Waals surface area (Å²) < 4.78 is 0. The van der Waals surface area contributed by atoms with E-state index in [0.29, 0.717) is 11.3 Å². The van der Waals surface area contributed by atoms with Gasteiger partial charge in [0, 0.05) is 10.6 Å². The van der Waals surface area contributed by atoms with Crippen LogP contribution in [-0.4, -0.2) is 9.97 Å². The Balaban J connectivity index is 2.05. The summed E-state index contributed by atoms with van der Waals surface area (Å²) in [6.45, 7) is 6.00. The van der Waals surface area contributed by atoms with Crippen LogP contribution in [0.25, 0.3) is 10.2 Å². The van der Waals surface area contributed by atoms with Crippen LogP contribution in [0.15, 0.2) is 29.1 Å². The summed E-state index contributed by atoms with van der Waals surface area (Å²) in [5, 5.41) is 3.83. The highest BCUT2D eigenvalue weighted by Gasteiger charge is 2.11. The number of nitrogens with one attached hydrogen (secondary N) is 2. The van der Waals surface area contributed by atoms with E-state index in [1.165, 1.54) is 5.56 Å². The van der Waals surface area contributed by atoms with Gasteiger partial charge in [-0.25, -0.2) is 4.98 Å². The maximum Gasteiger partial charge on any atom is 0.261 e. The summed E-state index contributed by atoms with van der Waals surface area (Å²) in [5.74, 6) is 0.479. The highest BCUT2D eigenvalue weighted by atomic mass is 32.1. The maximum atomic E-state index is 12.1. The average Bonchev–Trinajstić information content (AvgIpc) is 2.68. The lowest BCUT2D eigenvalue weighted by atomic mass is 10.2. The number of fused-ring (bicyclic) bond motifs is 1. The molecule has 0 aliphatic rings. The van der Waals surface area contributed by atoms with Gasteiger partial charge >= 0.3 is 0 Å². The fourth-order valence-electron chi connectivity index (χ4n) is 2.09. The molecule has 0 amide bonds. The molecule has 2 aromatic heterocycles. The maximum absolute atomic E-state index is 12.1. The van der Waals surface area contributed by atoms with Crippen LogP contribution in [0.3, 0.4) is 0 Å². The second-order valence-corrected chi connectivity index (χ2v) is 6.07. The molecule has 20 heavy (non-hydrogen) atoms. The Hall–Kier alpha value is -2.14. The lowest BCUT2D eigenvalue weighted by Crippen LogP contribution is -2.10. The van der Waals surface area contributed by atoms with Gasteiger partial charge < -0.3 is 5.32 Å². The molecule has 0 bridgehead atoms. The zero-order valence-corrected chi connectivity index (χ0v) is 12.4. The number of aromatic nitrogens is 2. The smallest absolute Gasteiger partial charge is 0.261 e. The van der Waals surface area contributed by atoms with Crippen molar-refractivity contribution in [2.45, 2.75) is 20.8 Å². The van der Waals surface area contributed by atoms with E-state index < -0.39 is 0 Å². The second kappa shape index (κ2) is 4.76. The number of rotatable bonds is 2. The third-order valence-electron chi connectivity index (χ3n) is 3.35. The topological polar surface area (TPSA) is 57.8 Å². The van der Waals surface area contributed by atoms with Gasteiger partial charge in [-0.3, -0.25) is 9.78 Å². The molecular weight excluding hydrogens is 270 g/mol. The van der Waals surface area contributed by atoms with E-state index in [0.717, 1.165) is 21.0 Å². The number of hydrogen-bond donors (Lipinski definition) is 2. The monoisotopic (exact) mass is 285 g/mol. The average molecular weight is 285 g/mol. The molecule has 0 saturated carbocycles. The molecular formula is C15H15N3OS. The molecule has 3 rings (SSSR count). The van der Waals surface area contributed by atoms with E-state index in [1.807, 2.05) is 45.0 Å². The molecule has 0 aliphatic carbocycles. The van der Waals surface area contributed by atoms with Gasteiger partial charge in [0.1, 0.15) is 4.83 Å². The summed E-state index contributed by atoms with van der Waals surface area (Å²) >= 11 is 1.55. The van der Waals surface area contributed by atoms with Crippen LogP contribution in [0.5, 0.6) is 0 Å². The van der Waals surface area contributed by atoms with Crippen LogP contribution in [0.2, 0.25) is 0 Å². The summed E-state index contributed by atoms with van der Waals surface area (Å²) in [6.07, 6.45) is 0. The minimum absolute atomic E-state index is 0.0912. The largest absolute Gasteiger partial charge is 0.326 e. The molecule has 0 radical (unpaired) electrons. The molecule has 0 saturated heterocycles. The molecule has 3 aromatic rings. The minimum Gasteiger partial charge on any atom is -0.326 e. The molecule has 1 aromatic carbocycles. The minimum atomic E-state index is -0.0912. The quantitative estimate of drug-likeness (QED) is 0.755. The van der Waals surface area contributed by atoms with Crippen molar-refractivity contribution in [1.29, 1.82) is 0 Å². The molecule has 2 N–H and O–H groups in total. The first-order chi connectivity index (χ1) is 9.54. The highest BCUT2D eigenvalue weighted by Crippen LogP contribution is 2.26. The van der Waals surface area contributed by atoms with Crippen molar-refractivity contribution in [3.63, 3.8) is 0 Å². The number of H-pyrrole nitrogens is 1. The first-order valence-corrected chi connectivity index (χ1v) is 7.20. The Labute approximate surface area is 120 Å². The van der Waals surface area contributed by atoms with E-state index in [-0.39, 0.29) is 5.56 Å². The highest BCUT2D eigenvalue weighted by molar-refractivity contribution is 7.18. The molecule has 0 spiro atoms. The number of anilines is 2. The van der Waals surface area contributed by atoms with E-state index in [2.05, 4.69) is 15.3 Å². The van der Waals surface area contributed by atoms with Gasteiger partial charge in [0.05, 0.1) is 5.39 Å². The lowest BCUT2D eigenvalue weighted by Gasteiger charge is -2.05. The van der Waals surface area contributed by atoms with Crippen LogP contribution < -0.4 is 10.9 Å². The van der Waals surface area contributed by atoms with Crippen LogP contribution in [-0.2, 0) is 0 Å². The van der Waals surface area contributed by atoms with Crippen molar-refractivity contribution in [2.24, 2.45) is 0 Å². The van der Waals surface area contributed by atoms with Crippen molar-refractivity contribution in [3.8, 4) is 0 Å². The Morgan fingerprint density at radius 3 is 2.55 bits per heavy atom. The van der Waals surface area contributed by atoms with Crippen LogP contribution >= 0.6 is 11.3 Å². The van der Waals surface area contributed by atoms with Gasteiger partial charge in [0.25, 0.3) is 5.56 Å². The summed E-state index contributed by atoms with van der Waals surface area (Å²) in [5.41, 5.74) is 3.02. The number of benzene rings is 1. The van der Waals surface area contributed by atoms with Gasteiger partial charge in [-0.15, -0.1) is 11.3 Å². The van der Waals surface area contributed by atoms with Gasteiger partial charge in [-0.05, 0) is 38.5 Å². The van der Waals surface area contributed by atoms with Crippen molar-refractivity contribution in [1.82, 2.24) is 9.97 Å². The van der Waals surface area contributed by atoms with E-state index in [4.69, 9.17) is 0 Å². The second-order valence-electron chi connectivity index (χ2n) is 4.87. The van der Waals surface area contributed by atoms with Crippen LogP contribution in [0, 0.1) is 20.8 Å². The third-order valence-corrected chi connectivity index (χ3v) is 4.45. The fraction of sp³-hybridized carbons (Fsp3) is 0.200. The lowest BCUT2D eigenvalue weighted by molar-refractivity contribution is 1.17. The van der Waals surface area contributed by atoms with Gasteiger partial charge in [0.15, 0.2) is 0 Å². The normalized spacial score (nSPS) is 10.9. The zero-order valence-electron chi connectivity index (χ0n) is 11.6. The fourth-order valence-corrected chi connectivity index (χ4v) is 3.12. The standard InChI is InChI=1S/C15H15N3OS/c1-8-4-6-11(7-5-8)16-15-17-13(19)12-9(2)10(3)20-14(12)18-15/h4-7H,1-3H3,(H2,16,17,18,19). The van der Waals surface area contributed by atoms with E-state index >= 15 is 0 Å². The Kier molecular flexibility index (Phi) is 3.06. The van der Waals surface area contributed by atoms with Crippen molar-refractivity contribution >= 4 is 33.2 Å². The number of aromatic amines is 1. The van der Waals surface area contributed by atoms with Crippen LogP contribution in [0.1, 0.15) is 16.0 Å². The molecule has 4 nitrogen and oxygen atoms in total. The predicted molar refractivity (Wildman–Crippen MR) is 84.2 cm³/mol. The van der Waals surface area contributed by atoms with Crippen molar-refractivity contribution < 1.29 is 0 Å². The number of thiophene rings is 1. The van der Waals surface area contributed by atoms with Gasteiger partial charge in [-0.1, -0.05) is 17.7 Å². The Bertz CT molecular complexity index is 831. The summed E-state index contributed by atoms with van der Waals surface area (Å²) in [6, 6.07) is 7.95. The molecule has 0 unspecified atom stereocenters. The molecule has 0 atom stereocenters. The van der Waals surface area contributed by atoms with Gasteiger partial charge in [-0.2, -0.15) is 0 Å². The van der Waals surface area contributed by atoms with Crippen molar-refractivity contribution in [3.05, 3.63) is 50.6 Å². The van der Waals surface area contributed by atoms with Crippen molar-refractivity contribution in [2.75, 3.05) is 5.32 Å². The SMILES string of the molecule is Cc1ccc(Nc2nc3sc(C)c(C)c3c(=O)[nH]2)cc1. The van der Waals surface area contributed by atoms with E-state index in [9.17, 15) is 4.79 Å². The summed E-state index contributed by atoms with van der Waals surface area (Å²) in [4.78, 5) is 21.3. The molecule has 2 heterocycles. The first kappa shape index (κ1) is 12.9. The Morgan fingerprint density at radius 2 is 1.85 bits per heavy atom. The van der Waals surface area contributed by atoms with Crippen LogP contribution in [0.4, 0.5) is 11.6 Å². The number of aryl methyl sites for hydroxylation is 3.